The van der Waals surface area contributed by atoms with Crippen LogP contribution in [0.2, 0.25) is 0 Å². The number of aromatic nitrogens is 1. The largest absolute Gasteiger partial charge is 0.496 e. The van der Waals surface area contributed by atoms with Crippen molar-refractivity contribution in [2.75, 3.05) is 32.2 Å². The Morgan fingerprint density at radius 3 is 2.19 bits per heavy atom. The summed E-state index contributed by atoms with van der Waals surface area (Å²) in [5.74, 6) is 0.714. The van der Waals surface area contributed by atoms with Crippen LogP contribution in [0.15, 0.2) is 18.2 Å². The number of benzene rings is 1. The number of nitrogens with zero attached hydrogens (tertiary/aromatic N) is 2. The maximum atomic E-state index is 13.5. The molecule has 0 aliphatic carbocycles. The zero-order valence-corrected chi connectivity index (χ0v) is 15.1. The molecule has 0 saturated carbocycles. The number of morpholine rings is 1. The lowest BCUT2D eigenvalue weighted by Crippen LogP contribution is -2.45. The molecule has 26 heavy (non-hydrogen) atoms. The maximum Gasteiger partial charge on any atom is 0.433 e. The quantitative estimate of drug-likeness (QED) is 0.820. The highest BCUT2D eigenvalue weighted by molar-refractivity contribution is 6.00. The second-order valence-electron chi connectivity index (χ2n) is 6.38. The van der Waals surface area contributed by atoms with Crippen molar-refractivity contribution in [1.82, 2.24) is 4.98 Å². The standard InChI is InChI=1S/C18H21F3N2O3/c1-10-8-23(9-11(2)26-10)12-7-15(18(19,20)21)22-17-14(25-4)6-5-13(24-3)16(12)17/h5-7,10-11H,8-9H2,1-4H3/t10-,11+. The van der Waals surface area contributed by atoms with Crippen molar-refractivity contribution in [3.05, 3.63) is 23.9 Å². The molecule has 0 N–H and O–H groups in total. The van der Waals surface area contributed by atoms with Crippen LogP contribution in [0.1, 0.15) is 19.5 Å². The van der Waals surface area contributed by atoms with E-state index in [4.69, 9.17) is 14.2 Å². The fourth-order valence-electron chi connectivity index (χ4n) is 3.37. The molecular formula is C18H21F3N2O3. The first-order chi connectivity index (χ1) is 12.2. The molecule has 142 valence electrons. The van der Waals surface area contributed by atoms with Crippen LogP contribution < -0.4 is 14.4 Å². The highest BCUT2D eigenvalue weighted by Gasteiger charge is 2.36. The summed E-state index contributed by atoms with van der Waals surface area (Å²) >= 11 is 0. The molecule has 1 fully saturated rings. The molecule has 8 heteroatoms. The van der Waals surface area contributed by atoms with Crippen molar-refractivity contribution in [3.63, 3.8) is 0 Å². The molecule has 5 nitrogen and oxygen atoms in total. The van der Waals surface area contributed by atoms with Gasteiger partial charge in [-0.15, -0.1) is 0 Å². The lowest BCUT2D eigenvalue weighted by atomic mass is 10.1. The highest BCUT2D eigenvalue weighted by Crippen LogP contribution is 2.42. The van der Waals surface area contributed by atoms with E-state index in [-0.39, 0.29) is 23.5 Å². The van der Waals surface area contributed by atoms with Gasteiger partial charge in [-0.3, -0.25) is 0 Å². The molecule has 2 heterocycles. The van der Waals surface area contributed by atoms with Gasteiger partial charge in [0, 0.05) is 13.1 Å². The van der Waals surface area contributed by atoms with Crippen LogP contribution in [-0.2, 0) is 10.9 Å². The van der Waals surface area contributed by atoms with Gasteiger partial charge in [-0.2, -0.15) is 13.2 Å². The molecule has 0 bridgehead atoms. The minimum atomic E-state index is -4.57. The SMILES string of the molecule is COc1ccc(OC)c2c(N3C[C@@H](C)O[C@@H](C)C3)cc(C(F)(F)F)nc12. The molecule has 1 aliphatic heterocycles. The molecule has 1 saturated heterocycles. The van der Waals surface area contributed by atoms with Crippen molar-refractivity contribution >= 4 is 16.6 Å². The van der Waals surface area contributed by atoms with Crippen LogP contribution in [-0.4, -0.2) is 44.5 Å². The van der Waals surface area contributed by atoms with Crippen LogP contribution in [0.5, 0.6) is 11.5 Å². The summed E-state index contributed by atoms with van der Waals surface area (Å²) in [6, 6.07) is 4.31. The average molecular weight is 370 g/mol. The van der Waals surface area contributed by atoms with E-state index < -0.39 is 11.9 Å². The van der Waals surface area contributed by atoms with E-state index in [2.05, 4.69) is 4.98 Å². The molecular weight excluding hydrogens is 349 g/mol. The molecule has 1 aromatic heterocycles. The van der Waals surface area contributed by atoms with E-state index in [1.165, 1.54) is 14.2 Å². The number of methoxy groups -OCH3 is 2. The summed E-state index contributed by atoms with van der Waals surface area (Å²) in [5.41, 5.74) is -0.415. The number of pyridine rings is 1. The van der Waals surface area contributed by atoms with Crippen molar-refractivity contribution < 1.29 is 27.4 Å². The Morgan fingerprint density at radius 2 is 1.65 bits per heavy atom. The predicted molar refractivity (Wildman–Crippen MR) is 92.1 cm³/mol. The van der Waals surface area contributed by atoms with Gasteiger partial charge in [0.25, 0.3) is 0 Å². The topological polar surface area (TPSA) is 43.8 Å². The fraction of sp³-hybridized carbons (Fsp3) is 0.500. The van der Waals surface area contributed by atoms with E-state index in [1.807, 2.05) is 18.7 Å². The molecule has 1 aromatic carbocycles. The predicted octanol–water partition coefficient (Wildman–Crippen LogP) is 3.88. The monoisotopic (exact) mass is 370 g/mol. The number of anilines is 1. The maximum absolute atomic E-state index is 13.5. The molecule has 0 unspecified atom stereocenters. The van der Waals surface area contributed by atoms with Crippen LogP contribution in [0.25, 0.3) is 10.9 Å². The number of fused-ring (bicyclic) bond motifs is 1. The number of alkyl halides is 3. The number of rotatable bonds is 3. The van der Waals surface area contributed by atoms with Crippen molar-refractivity contribution in [1.29, 1.82) is 0 Å². The summed E-state index contributed by atoms with van der Waals surface area (Å²) in [7, 11) is 2.88. The van der Waals surface area contributed by atoms with Crippen LogP contribution in [0.4, 0.5) is 18.9 Å². The lowest BCUT2D eigenvalue weighted by molar-refractivity contribution is -0.140. The zero-order chi connectivity index (χ0) is 19.1. The number of hydrogen-bond acceptors (Lipinski definition) is 5. The number of ether oxygens (including phenoxy) is 3. The summed E-state index contributed by atoms with van der Waals surface area (Å²) in [6.07, 6.45) is -4.78. The number of hydrogen-bond donors (Lipinski definition) is 0. The molecule has 0 amide bonds. The van der Waals surface area contributed by atoms with E-state index >= 15 is 0 Å². The highest BCUT2D eigenvalue weighted by atomic mass is 19.4. The van der Waals surface area contributed by atoms with Gasteiger partial charge in [0.2, 0.25) is 0 Å². The van der Waals surface area contributed by atoms with Gasteiger partial charge >= 0.3 is 6.18 Å². The molecule has 2 atom stereocenters. The van der Waals surface area contributed by atoms with Crippen LogP contribution in [0, 0.1) is 0 Å². The first-order valence-electron chi connectivity index (χ1n) is 8.28. The summed E-state index contributed by atoms with van der Waals surface area (Å²) in [5, 5.41) is 0.501. The minimum absolute atomic E-state index is 0.104. The third-order valence-corrected chi connectivity index (χ3v) is 4.36. The average Bonchev–Trinajstić information content (AvgIpc) is 2.58. The zero-order valence-electron chi connectivity index (χ0n) is 15.1. The van der Waals surface area contributed by atoms with Crippen molar-refractivity contribution in [2.45, 2.75) is 32.2 Å². The Hall–Kier alpha value is -2.22. The second kappa shape index (κ2) is 6.83. The first-order valence-corrected chi connectivity index (χ1v) is 8.28. The Kier molecular flexibility index (Phi) is 4.88. The third-order valence-electron chi connectivity index (χ3n) is 4.36. The second-order valence-corrected chi connectivity index (χ2v) is 6.38. The Bertz CT molecular complexity index is 800. The smallest absolute Gasteiger partial charge is 0.433 e. The summed E-state index contributed by atoms with van der Waals surface area (Å²) < 4.78 is 56.7. The number of halogens is 3. The van der Waals surface area contributed by atoms with Crippen LogP contribution >= 0.6 is 0 Å². The van der Waals surface area contributed by atoms with Gasteiger partial charge in [0.15, 0.2) is 0 Å². The molecule has 3 rings (SSSR count). The Morgan fingerprint density at radius 1 is 1.08 bits per heavy atom. The Labute approximate surface area is 149 Å². The molecule has 0 spiro atoms. The van der Waals surface area contributed by atoms with Crippen molar-refractivity contribution in [2.24, 2.45) is 0 Å². The molecule has 0 radical (unpaired) electrons. The van der Waals surface area contributed by atoms with E-state index in [1.54, 1.807) is 12.1 Å². The van der Waals surface area contributed by atoms with Gasteiger partial charge in [-0.1, -0.05) is 0 Å². The van der Waals surface area contributed by atoms with Gasteiger partial charge in [0.05, 0.1) is 37.5 Å². The third kappa shape index (κ3) is 3.38. The van der Waals surface area contributed by atoms with Gasteiger partial charge in [0.1, 0.15) is 22.7 Å². The van der Waals surface area contributed by atoms with Gasteiger partial charge in [-0.25, -0.2) is 4.98 Å². The normalized spacial score (nSPS) is 21.1. The van der Waals surface area contributed by atoms with Gasteiger partial charge in [-0.05, 0) is 32.0 Å². The minimum Gasteiger partial charge on any atom is -0.496 e. The molecule has 2 aromatic rings. The lowest BCUT2D eigenvalue weighted by Gasteiger charge is -2.37. The van der Waals surface area contributed by atoms with E-state index in [9.17, 15) is 13.2 Å². The fourth-order valence-corrected chi connectivity index (χ4v) is 3.37. The molecule has 1 aliphatic rings. The van der Waals surface area contributed by atoms with Crippen molar-refractivity contribution in [3.8, 4) is 11.5 Å². The summed E-state index contributed by atoms with van der Waals surface area (Å²) in [4.78, 5) is 5.72. The van der Waals surface area contributed by atoms with E-state index in [0.29, 0.717) is 29.9 Å². The van der Waals surface area contributed by atoms with E-state index in [0.717, 1.165) is 6.07 Å². The first kappa shape index (κ1) is 18.6. The van der Waals surface area contributed by atoms with Crippen LogP contribution in [0.3, 0.4) is 0 Å². The van der Waals surface area contributed by atoms with Gasteiger partial charge < -0.3 is 19.1 Å². The summed E-state index contributed by atoms with van der Waals surface area (Å²) in [6.45, 7) is 4.74. The Balaban J connectivity index is 2.31.